The molecule has 1 aliphatic rings. The maximum Gasteiger partial charge on any atom is 0.247 e. The zero-order valence-corrected chi connectivity index (χ0v) is 13.3. The maximum atomic E-state index is 13.8. The number of hydrogen-bond donors (Lipinski definition) is 0. The molecule has 3 heterocycles. The van der Waals surface area contributed by atoms with E-state index in [0.717, 1.165) is 30.8 Å². The van der Waals surface area contributed by atoms with E-state index in [1.807, 2.05) is 11.0 Å². The van der Waals surface area contributed by atoms with Crippen LogP contribution in [0.5, 0.6) is 0 Å². The van der Waals surface area contributed by atoms with Gasteiger partial charge in [0.2, 0.25) is 5.89 Å². The zero-order chi connectivity index (χ0) is 17.2. The van der Waals surface area contributed by atoms with Crippen LogP contribution in [0.4, 0.5) is 10.1 Å². The molecule has 0 radical (unpaired) electrons. The van der Waals surface area contributed by atoms with E-state index in [-0.39, 0.29) is 0 Å². The SMILES string of the molecule is N#Cc1cc(F)cc(N2CCCc3oc(-c4cnccn4)nc3C2)c1. The molecule has 3 aromatic rings. The minimum atomic E-state index is -0.418. The van der Waals surface area contributed by atoms with Crippen LogP contribution in [0.15, 0.2) is 41.2 Å². The van der Waals surface area contributed by atoms with Crippen molar-refractivity contribution in [2.24, 2.45) is 0 Å². The largest absolute Gasteiger partial charge is 0.439 e. The molecule has 0 N–H and O–H groups in total. The molecule has 2 aromatic heterocycles. The van der Waals surface area contributed by atoms with Gasteiger partial charge in [0.25, 0.3) is 0 Å². The lowest BCUT2D eigenvalue weighted by Gasteiger charge is -2.22. The predicted molar refractivity (Wildman–Crippen MR) is 88.0 cm³/mol. The molecule has 6 nitrogen and oxygen atoms in total. The van der Waals surface area contributed by atoms with Crippen LogP contribution in [0.2, 0.25) is 0 Å². The number of rotatable bonds is 2. The highest BCUT2D eigenvalue weighted by Gasteiger charge is 2.22. The lowest BCUT2D eigenvalue weighted by atomic mass is 10.2. The molecule has 0 spiro atoms. The highest BCUT2D eigenvalue weighted by molar-refractivity contribution is 5.53. The maximum absolute atomic E-state index is 13.8. The first kappa shape index (κ1) is 15.3. The average molecular weight is 335 g/mol. The molecule has 0 atom stereocenters. The van der Waals surface area contributed by atoms with Gasteiger partial charge in [-0.3, -0.25) is 4.98 Å². The number of nitriles is 1. The zero-order valence-electron chi connectivity index (χ0n) is 13.3. The van der Waals surface area contributed by atoms with Crippen LogP contribution in [-0.4, -0.2) is 21.5 Å². The van der Waals surface area contributed by atoms with E-state index < -0.39 is 5.82 Å². The number of benzene rings is 1. The van der Waals surface area contributed by atoms with Gasteiger partial charge >= 0.3 is 0 Å². The summed E-state index contributed by atoms with van der Waals surface area (Å²) in [6, 6.07) is 6.36. The number of fused-ring (bicyclic) bond motifs is 1. The highest BCUT2D eigenvalue weighted by atomic mass is 19.1. The second kappa shape index (κ2) is 6.32. The lowest BCUT2D eigenvalue weighted by Crippen LogP contribution is -2.23. The first-order valence-corrected chi connectivity index (χ1v) is 7.93. The molecule has 0 amide bonds. The number of anilines is 1. The number of aryl methyl sites for hydroxylation is 1. The Labute approximate surface area is 143 Å². The number of oxazole rings is 1. The number of aromatic nitrogens is 3. The number of halogens is 1. The van der Waals surface area contributed by atoms with E-state index in [4.69, 9.17) is 9.68 Å². The van der Waals surface area contributed by atoms with Crippen molar-refractivity contribution in [1.82, 2.24) is 15.0 Å². The van der Waals surface area contributed by atoms with Gasteiger partial charge in [-0.1, -0.05) is 0 Å². The molecule has 7 heteroatoms. The van der Waals surface area contributed by atoms with E-state index in [1.165, 1.54) is 12.1 Å². The molecule has 124 valence electrons. The first-order chi connectivity index (χ1) is 12.2. The predicted octanol–water partition coefficient (Wildman–Crippen LogP) is 3.10. The van der Waals surface area contributed by atoms with Gasteiger partial charge < -0.3 is 9.32 Å². The molecular weight excluding hydrogens is 321 g/mol. The molecule has 0 saturated heterocycles. The Hall–Kier alpha value is -3.27. The summed E-state index contributed by atoms with van der Waals surface area (Å²) >= 11 is 0. The van der Waals surface area contributed by atoms with E-state index in [2.05, 4.69) is 15.0 Å². The summed E-state index contributed by atoms with van der Waals surface area (Å²) in [5.74, 6) is 0.843. The van der Waals surface area contributed by atoms with Crippen molar-refractivity contribution in [3.05, 3.63) is 59.6 Å². The molecule has 0 bridgehead atoms. The van der Waals surface area contributed by atoms with E-state index in [1.54, 1.807) is 24.7 Å². The summed E-state index contributed by atoms with van der Waals surface area (Å²) in [6.45, 7) is 1.23. The summed E-state index contributed by atoms with van der Waals surface area (Å²) in [5, 5.41) is 9.05. The quantitative estimate of drug-likeness (QED) is 0.716. The highest BCUT2D eigenvalue weighted by Crippen LogP contribution is 2.28. The monoisotopic (exact) mass is 335 g/mol. The standard InChI is InChI=1S/C18H14FN5O/c19-13-6-12(9-20)7-14(8-13)24-5-1-2-17-16(11-24)23-18(25-17)15-10-21-3-4-22-15/h3-4,6-8,10H,1-2,5,11H2. The van der Waals surface area contributed by atoms with Crippen LogP contribution in [0.25, 0.3) is 11.6 Å². The van der Waals surface area contributed by atoms with Crippen molar-refractivity contribution in [3.63, 3.8) is 0 Å². The van der Waals surface area contributed by atoms with Gasteiger partial charge in [0.15, 0.2) is 0 Å². The Morgan fingerprint density at radius 2 is 2.16 bits per heavy atom. The lowest BCUT2D eigenvalue weighted by molar-refractivity contribution is 0.511. The first-order valence-electron chi connectivity index (χ1n) is 7.93. The van der Waals surface area contributed by atoms with Gasteiger partial charge in [0, 0.05) is 31.0 Å². The summed E-state index contributed by atoms with van der Waals surface area (Å²) in [6.07, 6.45) is 6.39. The summed E-state index contributed by atoms with van der Waals surface area (Å²) in [5.41, 5.74) is 2.37. The van der Waals surface area contributed by atoms with Crippen molar-refractivity contribution in [2.75, 3.05) is 11.4 Å². The Balaban J connectivity index is 1.67. The third kappa shape index (κ3) is 3.06. The van der Waals surface area contributed by atoms with E-state index in [9.17, 15) is 4.39 Å². The molecule has 0 saturated carbocycles. The van der Waals surface area contributed by atoms with Crippen LogP contribution < -0.4 is 4.90 Å². The molecule has 4 rings (SSSR count). The Bertz CT molecular complexity index is 948. The third-order valence-corrected chi connectivity index (χ3v) is 4.11. The minimum absolute atomic E-state index is 0.305. The molecule has 0 aliphatic carbocycles. The number of nitrogens with zero attached hydrogens (tertiary/aromatic N) is 5. The van der Waals surface area contributed by atoms with Gasteiger partial charge in [-0.2, -0.15) is 5.26 Å². The van der Waals surface area contributed by atoms with Gasteiger partial charge in [-0.15, -0.1) is 0 Å². The van der Waals surface area contributed by atoms with Crippen LogP contribution in [0, 0.1) is 17.1 Å². The molecule has 1 aromatic carbocycles. The Morgan fingerprint density at radius 3 is 2.96 bits per heavy atom. The van der Waals surface area contributed by atoms with Crippen molar-refractivity contribution in [2.45, 2.75) is 19.4 Å². The fourth-order valence-electron chi connectivity index (χ4n) is 2.95. The molecular formula is C18H14FN5O. The van der Waals surface area contributed by atoms with Crippen LogP contribution >= 0.6 is 0 Å². The van der Waals surface area contributed by atoms with Crippen molar-refractivity contribution in [3.8, 4) is 17.7 Å². The van der Waals surface area contributed by atoms with Gasteiger partial charge in [0.1, 0.15) is 23.0 Å². The second-order valence-electron chi connectivity index (χ2n) is 5.81. The van der Waals surface area contributed by atoms with Crippen molar-refractivity contribution >= 4 is 5.69 Å². The molecule has 0 unspecified atom stereocenters. The van der Waals surface area contributed by atoms with Gasteiger partial charge in [-0.25, -0.2) is 14.4 Å². The van der Waals surface area contributed by atoms with E-state index >= 15 is 0 Å². The summed E-state index contributed by atoms with van der Waals surface area (Å²) in [7, 11) is 0. The third-order valence-electron chi connectivity index (χ3n) is 4.11. The van der Waals surface area contributed by atoms with E-state index in [0.29, 0.717) is 29.4 Å². The fourth-order valence-corrected chi connectivity index (χ4v) is 2.95. The van der Waals surface area contributed by atoms with Gasteiger partial charge in [0.05, 0.1) is 24.4 Å². The topological polar surface area (TPSA) is 78.8 Å². The normalized spacial score (nSPS) is 13.8. The Morgan fingerprint density at radius 1 is 1.24 bits per heavy atom. The molecule has 1 aliphatic heterocycles. The van der Waals surface area contributed by atoms with Crippen molar-refractivity contribution < 1.29 is 8.81 Å². The second-order valence-corrected chi connectivity index (χ2v) is 5.81. The summed E-state index contributed by atoms with van der Waals surface area (Å²) in [4.78, 5) is 14.8. The summed E-state index contributed by atoms with van der Waals surface area (Å²) < 4.78 is 19.6. The van der Waals surface area contributed by atoms with Crippen LogP contribution in [0.1, 0.15) is 23.4 Å². The van der Waals surface area contributed by atoms with Crippen molar-refractivity contribution in [1.29, 1.82) is 5.26 Å². The smallest absolute Gasteiger partial charge is 0.247 e. The average Bonchev–Trinajstić information content (AvgIpc) is 2.93. The molecule has 0 fully saturated rings. The fraction of sp³-hybridized carbons (Fsp3) is 0.222. The minimum Gasteiger partial charge on any atom is -0.439 e. The van der Waals surface area contributed by atoms with Crippen LogP contribution in [-0.2, 0) is 13.0 Å². The van der Waals surface area contributed by atoms with Gasteiger partial charge in [-0.05, 0) is 24.6 Å². The molecule has 25 heavy (non-hydrogen) atoms. The Kier molecular flexibility index (Phi) is 3.86. The number of hydrogen-bond acceptors (Lipinski definition) is 6. The van der Waals surface area contributed by atoms with Crippen LogP contribution in [0.3, 0.4) is 0 Å².